The van der Waals surface area contributed by atoms with Crippen LogP contribution in [0, 0.1) is 13.8 Å². The lowest BCUT2D eigenvalue weighted by Gasteiger charge is -2.25. The summed E-state index contributed by atoms with van der Waals surface area (Å²) in [6.45, 7) is 14.9. The molecule has 1 rings (SSSR count). The van der Waals surface area contributed by atoms with Gasteiger partial charge in [0.05, 0.1) is 8.07 Å². The van der Waals surface area contributed by atoms with Crippen LogP contribution in [0.15, 0.2) is 23.6 Å². The molecule has 1 aromatic carbocycles. The Morgan fingerprint density at radius 2 is 2.00 bits per heavy atom. The fraction of sp³-hybridized carbons (Fsp3) is 0.400. The van der Waals surface area contributed by atoms with Gasteiger partial charge in [0.15, 0.2) is 0 Å². The van der Waals surface area contributed by atoms with Crippen molar-refractivity contribution in [3.63, 3.8) is 0 Å². The lowest BCUT2D eigenvalue weighted by Crippen LogP contribution is -2.45. The maximum Gasteiger partial charge on any atom is 0.251 e. The summed E-state index contributed by atoms with van der Waals surface area (Å²) < 4.78 is 0. The fourth-order valence-electron chi connectivity index (χ4n) is 2.10. The highest BCUT2D eigenvalue weighted by Crippen LogP contribution is 2.22. The number of rotatable bonds is 4. The second-order valence-corrected chi connectivity index (χ2v) is 11.3. The molecule has 0 radical (unpaired) electrons. The number of nitrogens with one attached hydrogen (secondary N) is 1. The summed E-state index contributed by atoms with van der Waals surface area (Å²) in [4.78, 5) is 13.3. The molecule has 0 bridgehead atoms. The van der Waals surface area contributed by atoms with Gasteiger partial charge in [-0.2, -0.15) is 0 Å². The maximum atomic E-state index is 12.3. The molecular formula is C15H23NOSSi. The van der Waals surface area contributed by atoms with Gasteiger partial charge in [-0.05, 0) is 36.2 Å². The summed E-state index contributed by atoms with van der Waals surface area (Å²) in [5, 5.41) is 4.01. The maximum absolute atomic E-state index is 12.3. The van der Waals surface area contributed by atoms with E-state index in [4.69, 9.17) is 0 Å². The summed E-state index contributed by atoms with van der Waals surface area (Å²) in [5.74, 6) is -0.0317. The summed E-state index contributed by atoms with van der Waals surface area (Å²) in [6.07, 6.45) is 1.69. The molecule has 19 heavy (non-hydrogen) atoms. The molecule has 0 atom stereocenters. The molecule has 0 heterocycles. The number of benzene rings is 1. The van der Waals surface area contributed by atoms with Crippen molar-refractivity contribution in [1.29, 1.82) is 0 Å². The van der Waals surface area contributed by atoms with Crippen LogP contribution >= 0.6 is 12.6 Å². The Morgan fingerprint density at radius 1 is 1.42 bits per heavy atom. The van der Waals surface area contributed by atoms with Crippen LogP contribution in [0.25, 0.3) is 0 Å². The van der Waals surface area contributed by atoms with E-state index in [1.54, 1.807) is 6.08 Å². The second kappa shape index (κ2) is 5.97. The minimum Gasteiger partial charge on any atom is -0.349 e. The fourth-order valence-corrected chi connectivity index (χ4v) is 5.29. The Morgan fingerprint density at radius 3 is 2.47 bits per heavy atom. The predicted octanol–water partition coefficient (Wildman–Crippen LogP) is 3.05. The van der Waals surface area contributed by atoms with Crippen LogP contribution < -0.4 is 10.5 Å². The number of carbonyl (C=O) groups excluding carboxylic acids is 1. The zero-order valence-corrected chi connectivity index (χ0v) is 14.3. The zero-order chi connectivity index (χ0) is 14.8. The Kier molecular flexibility index (Phi) is 5.04. The number of carbonyl (C=O) groups is 1. The van der Waals surface area contributed by atoms with Crippen molar-refractivity contribution in [2.45, 2.75) is 38.4 Å². The highest BCUT2D eigenvalue weighted by molar-refractivity contribution is 7.80. The topological polar surface area (TPSA) is 29.1 Å². The van der Waals surface area contributed by atoms with Gasteiger partial charge in [-0.3, -0.25) is 4.79 Å². The van der Waals surface area contributed by atoms with E-state index in [2.05, 4.69) is 51.1 Å². The minimum atomic E-state index is -1.64. The minimum absolute atomic E-state index is 0.0317. The Balaban J connectivity index is 3.45. The summed E-state index contributed by atoms with van der Waals surface area (Å²) in [6, 6.07) is 1.99. The molecule has 0 aromatic heterocycles. The third-order valence-electron chi connectivity index (χ3n) is 3.22. The van der Waals surface area contributed by atoms with Crippen molar-refractivity contribution in [3.05, 3.63) is 35.4 Å². The van der Waals surface area contributed by atoms with Gasteiger partial charge in [-0.25, -0.2) is 0 Å². The zero-order valence-electron chi connectivity index (χ0n) is 12.4. The van der Waals surface area contributed by atoms with Gasteiger partial charge >= 0.3 is 0 Å². The van der Waals surface area contributed by atoms with Crippen molar-refractivity contribution in [3.8, 4) is 0 Å². The molecule has 4 heteroatoms. The molecule has 1 amide bonds. The molecule has 0 spiro atoms. The summed E-state index contributed by atoms with van der Waals surface area (Å²) >= 11 is 4.66. The largest absolute Gasteiger partial charge is 0.349 e. The highest BCUT2D eigenvalue weighted by Gasteiger charge is 2.27. The third-order valence-corrected chi connectivity index (χ3v) is 6.00. The van der Waals surface area contributed by atoms with Crippen LogP contribution in [-0.2, 0) is 0 Å². The monoisotopic (exact) mass is 293 g/mol. The molecule has 0 saturated carbocycles. The lowest BCUT2D eigenvalue weighted by atomic mass is 10.1. The van der Waals surface area contributed by atoms with Crippen molar-refractivity contribution in [2.24, 2.45) is 0 Å². The van der Waals surface area contributed by atoms with E-state index in [0.717, 1.165) is 21.2 Å². The molecule has 0 aliphatic rings. The molecule has 0 aliphatic heterocycles. The van der Waals surface area contributed by atoms with Crippen molar-refractivity contribution >= 4 is 31.8 Å². The number of thiol groups is 1. The Labute approximate surface area is 122 Å². The van der Waals surface area contributed by atoms with E-state index in [1.807, 2.05) is 13.0 Å². The van der Waals surface area contributed by atoms with Gasteiger partial charge in [0.1, 0.15) is 0 Å². The van der Waals surface area contributed by atoms with Crippen molar-refractivity contribution in [2.75, 3.05) is 6.54 Å². The van der Waals surface area contributed by atoms with Crippen LogP contribution in [-0.4, -0.2) is 20.5 Å². The van der Waals surface area contributed by atoms with Crippen LogP contribution in [0.1, 0.15) is 21.5 Å². The first-order chi connectivity index (χ1) is 8.70. The smallest absolute Gasteiger partial charge is 0.251 e. The molecule has 1 N–H and O–H groups in total. The Hall–Kier alpha value is -1.00. The molecule has 0 fully saturated rings. The standard InChI is InChI=1S/C15H23NOSSi/c1-7-8-16-15(17)12-9-10(2)11(3)13(18)14(12)19(4,5)6/h7,9,18H,1,8H2,2-6H3,(H,16,17). The van der Waals surface area contributed by atoms with Gasteiger partial charge in [0.25, 0.3) is 5.91 Å². The van der Waals surface area contributed by atoms with Crippen LogP contribution in [0.2, 0.25) is 19.6 Å². The lowest BCUT2D eigenvalue weighted by molar-refractivity contribution is 0.0959. The van der Waals surface area contributed by atoms with E-state index >= 15 is 0 Å². The number of amides is 1. The van der Waals surface area contributed by atoms with Crippen LogP contribution in [0.3, 0.4) is 0 Å². The van der Waals surface area contributed by atoms with E-state index in [1.165, 1.54) is 5.56 Å². The van der Waals surface area contributed by atoms with Gasteiger partial charge in [0.2, 0.25) is 0 Å². The average molecular weight is 294 g/mol. The third kappa shape index (κ3) is 3.51. The van der Waals surface area contributed by atoms with Gasteiger partial charge in [-0.1, -0.05) is 25.7 Å². The molecule has 2 nitrogen and oxygen atoms in total. The molecule has 0 saturated heterocycles. The molecule has 0 aliphatic carbocycles. The number of hydrogen-bond acceptors (Lipinski definition) is 2. The van der Waals surface area contributed by atoms with E-state index in [0.29, 0.717) is 6.54 Å². The predicted molar refractivity (Wildman–Crippen MR) is 88.7 cm³/mol. The van der Waals surface area contributed by atoms with E-state index in [9.17, 15) is 4.79 Å². The molecular weight excluding hydrogens is 270 g/mol. The van der Waals surface area contributed by atoms with Gasteiger partial charge < -0.3 is 5.32 Å². The molecule has 104 valence electrons. The van der Waals surface area contributed by atoms with E-state index in [-0.39, 0.29) is 5.91 Å². The second-order valence-electron chi connectivity index (χ2n) is 5.84. The normalized spacial score (nSPS) is 11.3. The SMILES string of the molecule is C=CCNC(=O)c1cc(C)c(C)c(S)c1[Si](C)(C)C. The van der Waals surface area contributed by atoms with E-state index < -0.39 is 8.07 Å². The first-order valence-corrected chi connectivity index (χ1v) is 10.4. The average Bonchev–Trinajstić information content (AvgIpc) is 2.30. The first kappa shape index (κ1) is 16.1. The quantitative estimate of drug-likeness (QED) is 0.499. The number of aryl methyl sites for hydroxylation is 1. The number of hydrogen-bond donors (Lipinski definition) is 2. The van der Waals surface area contributed by atoms with Crippen LogP contribution in [0.5, 0.6) is 0 Å². The van der Waals surface area contributed by atoms with Crippen LogP contribution in [0.4, 0.5) is 0 Å². The van der Waals surface area contributed by atoms with Gasteiger partial charge in [0, 0.05) is 17.0 Å². The summed E-state index contributed by atoms with van der Waals surface area (Å²) in [5.41, 5.74) is 3.05. The molecule has 0 unspecified atom stereocenters. The molecule has 1 aromatic rings. The summed E-state index contributed by atoms with van der Waals surface area (Å²) in [7, 11) is -1.64. The van der Waals surface area contributed by atoms with Gasteiger partial charge in [-0.15, -0.1) is 19.2 Å². The highest BCUT2D eigenvalue weighted by atomic mass is 32.1. The first-order valence-electron chi connectivity index (χ1n) is 6.43. The van der Waals surface area contributed by atoms with Crippen molar-refractivity contribution < 1.29 is 4.79 Å². The Bertz CT molecular complexity index is 518. The van der Waals surface area contributed by atoms with Crippen molar-refractivity contribution in [1.82, 2.24) is 5.32 Å².